The molecule has 6 nitrogen and oxygen atoms in total. The molecule has 174 valence electrons. The van der Waals surface area contributed by atoms with E-state index in [1.54, 1.807) is 16.9 Å². The van der Waals surface area contributed by atoms with E-state index in [4.69, 9.17) is 0 Å². The minimum atomic E-state index is -4.45. The summed E-state index contributed by atoms with van der Waals surface area (Å²) >= 11 is 0. The van der Waals surface area contributed by atoms with Gasteiger partial charge in [0.25, 0.3) is 0 Å². The Morgan fingerprint density at radius 3 is 2.18 bits per heavy atom. The maximum Gasteiger partial charge on any atom is 0.416 e. The second-order valence-corrected chi connectivity index (χ2v) is 9.97. The van der Waals surface area contributed by atoms with E-state index in [0.29, 0.717) is 16.8 Å². The SMILES string of the molecule is O=S(=O)(c1ccc(-c2cccc(C(F)(F)F)c2)cc1)N1CC(n2cc(-c3ccccc3)nn2)C1. The molecule has 3 aromatic carbocycles. The average Bonchev–Trinajstić information content (AvgIpc) is 3.28. The highest BCUT2D eigenvalue weighted by molar-refractivity contribution is 7.89. The fraction of sp³-hybridized carbons (Fsp3) is 0.167. The number of sulfonamides is 1. The minimum absolute atomic E-state index is 0.0882. The van der Waals surface area contributed by atoms with Crippen LogP contribution in [0.1, 0.15) is 11.6 Å². The van der Waals surface area contributed by atoms with Crippen molar-refractivity contribution in [1.29, 1.82) is 0 Å². The molecule has 0 spiro atoms. The molecule has 1 aromatic heterocycles. The number of halogens is 3. The fourth-order valence-electron chi connectivity index (χ4n) is 3.82. The molecule has 0 aliphatic carbocycles. The smallest absolute Gasteiger partial charge is 0.246 e. The van der Waals surface area contributed by atoms with Crippen LogP contribution < -0.4 is 0 Å². The van der Waals surface area contributed by atoms with Crippen molar-refractivity contribution >= 4 is 10.0 Å². The molecule has 1 aliphatic rings. The molecule has 1 fully saturated rings. The zero-order valence-corrected chi connectivity index (χ0v) is 18.5. The first kappa shape index (κ1) is 22.3. The summed E-state index contributed by atoms with van der Waals surface area (Å²) in [4.78, 5) is 0.0882. The van der Waals surface area contributed by atoms with Gasteiger partial charge >= 0.3 is 6.18 Å². The summed E-state index contributed by atoms with van der Waals surface area (Å²) in [5.41, 5.74) is 1.76. The van der Waals surface area contributed by atoms with E-state index >= 15 is 0 Å². The number of hydrogen-bond acceptors (Lipinski definition) is 4. The summed E-state index contributed by atoms with van der Waals surface area (Å²) in [5.74, 6) is 0. The van der Waals surface area contributed by atoms with Crippen molar-refractivity contribution in [1.82, 2.24) is 19.3 Å². The molecule has 0 saturated carbocycles. The Labute approximate surface area is 194 Å². The summed E-state index contributed by atoms with van der Waals surface area (Å²) in [7, 11) is -3.73. The Morgan fingerprint density at radius 1 is 0.824 bits per heavy atom. The normalized spacial score (nSPS) is 15.3. The topological polar surface area (TPSA) is 68.1 Å². The summed E-state index contributed by atoms with van der Waals surface area (Å²) < 4.78 is 67.9. The molecule has 1 aliphatic heterocycles. The fourth-order valence-corrected chi connectivity index (χ4v) is 5.33. The van der Waals surface area contributed by atoms with Crippen LogP contribution in [0.4, 0.5) is 13.2 Å². The molecule has 2 heterocycles. The maximum atomic E-state index is 13.0. The van der Waals surface area contributed by atoms with E-state index in [1.165, 1.54) is 34.6 Å². The van der Waals surface area contributed by atoms with E-state index in [2.05, 4.69) is 10.3 Å². The van der Waals surface area contributed by atoms with Gasteiger partial charge in [-0.2, -0.15) is 17.5 Å². The quantitative estimate of drug-likeness (QED) is 0.405. The van der Waals surface area contributed by atoms with Crippen molar-refractivity contribution in [3.63, 3.8) is 0 Å². The van der Waals surface area contributed by atoms with Gasteiger partial charge in [0.2, 0.25) is 10.0 Å². The molecule has 0 radical (unpaired) electrons. The number of aromatic nitrogens is 3. The van der Waals surface area contributed by atoms with E-state index < -0.39 is 21.8 Å². The van der Waals surface area contributed by atoms with Crippen LogP contribution in [-0.2, 0) is 16.2 Å². The third-order valence-corrected chi connectivity index (χ3v) is 7.64. The molecule has 34 heavy (non-hydrogen) atoms. The Kier molecular flexibility index (Phi) is 5.49. The second kappa shape index (κ2) is 8.37. The average molecular weight is 485 g/mol. The molecule has 0 amide bonds. The maximum absolute atomic E-state index is 13.0. The summed E-state index contributed by atoms with van der Waals surface area (Å²) in [6.45, 7) is 0.518. The predicted molar refractivity (Wildman–Crippen MR) is 120 cm³/mol. The first-order valence-corrected chi connectivity index (χ1v) is 11.9. The number of nitrogens with zero attached hydrogens (tertiary/aromatic N) is 4. The standard InChI is InChI=1S/C24H19F3N4O2S/c25-24(26,27)20-8-4-7-19(13-20)17-9-11-22(12-10-17)34(32,33)30-14-21(15-30)31-16-23(28-29-31)18-5-2-1-3-6-18/h1-13,16,21H,14-15H2. The monoisotopic (exact) mass is 484 g/mol. The van der Waals surface area contributed by atoms with Crippen LogP contribution in [0.3, 0.4) is 0 Å². The van der Waals surface area contributed by atoms with Crippen molar-refractivity contribution in [2.24, 2.45) is 0 Å². The first-order valence-electron chi connectivity index (χ1n) is 10.5. The van der Waals surface area contributed by atoms with E-state index in [9.17, 15) is 21.6 Å². The molecule has 0 atom stereocenters. The number of benzene rings is 3. The zero-order valence-electron chi connectivity index (χ0n) is 17.7. The van der Waals surface area contributed by atoms with Gasteiger partial charge < -0.3 is 0 Å². The van der Waals surface area contributed by atoms with E-state index in [-0.39, 0.29) is 24.0 Å². The lowest BCUT2D eigenvalue weighted by atomic mass is 10.0. The lowest BCUT2D eigenvalue weighted by molar-refractivity contribution is -0.137. The van der Waals surface area contributed by atoms with Gasteiger partial charge in [-0.25, -0.2) is 13.1 Å². The number of alkyl halides is 3. The molecular formula is C24H19F3N4O2S. The Balaban J connectivity index is 1.28. The van der Waals surface area contributed by atoms with Crippen LogP contribution in [0.5, 0.6) is 0 Å². The van der Waals surface area contributed by atoms with Crippen LogP contribution >= 0.6 is 0 Å². The third kappa shape index (κ3) is 4.22. The van der Waals surface area contributed by atoms with E-state index in [1.807, 2.05) is 30.3 Å². The zero-order chi connectivity index (χ0) is 23.9. The van der Waals surface area contributed by atoms with Gasteiger partial charge in [-0.15, -0.1) is 5.10 Å². The number of hydrogen-bond donors (Lipinski definition) is 0. The lowest BCUT2D eigenvalue weighted by Gasteiger charge is -2.37. The van der Waals surface area contributed by atoms with Crippen LogP contribution in [0.2, 0.25) is 0 Å². The van der Waals surface area contributed by atoms with Crippen LogP contribution in [0.15, 0.2) is 90.0 Å². The van der Waals surface area contributed by atoms with Gasteiger partial charge in [0.1, 0.15) is 5.69 Å². The first-order chi connectivity index (χ1) is 16.2. The molecule has 0 bridgehead atoms. The molecule has 1 saturated heterocycles. The van der Waals surface area contributed by atoms with Gasteiger partial charge in [-0.3, -0.25) is 0 Å². The molecule has 0 N–H and O–H groups in total. The summed E-state index contributed by atoms with van der Waals surface area (Å²) in [5, 5.41) is 8.31. The molecular weight excluding hydrogens is 465 g/mol. The van der Waals surface area contributed by atoms with Gasteiger partial charge in [-0.1, -0.05) is 59.8 Å². The highest BCUT2D eigenvalue weighted by Gasteiger charge is 2.38. The van der Waals surface area contributed by atoms with Gasteiger partial charge in [0.05, 0.1) is 22.7 Å². The van der Waals surface area contributed by atoms with Crippen molar-refractivity contribution < 1.29 is 21.6 Å². The number of rotatable bonds is 5. The third-order valence-electron chi connectivity index (χ3n) is 5.80. The van der Waals surface area contributed by atoms with Crippen molar-refractivity contribution in [3.05, 3.63) is 90.6 Å². The minimum Gasteiger partial charge on any atom is -0.246 e. The molecule has 5 rings (SSSR count). The predicted octanol–water partition coefficient (Wildman–Crippen LogP) is 4.88. The largest absolute Gasteiger partial charge is 0.416 e. The van der Waals surface area contributed by atoms with Crippen molar-refractivity contribution in [2.45, 2.75) is 17.1 Å². The van der Waals surface area contributed by atoms with Gasteiger partial charge in [-0.05, 0) is 35.4 Å². The highest BCUT2D eigenvalue weighted by atomic mass is 32.2. The summed E-state index contributed by atoms with van der Waals surface area (Å²) in [6.07, 6.45) is -2.65. The Bertz CT molecular complexity index is 1410. The lowest BCUT2D eigenvalue weighted by Crippen LogP contribution is -2.50. The van der Waals surface area contributed by atoms with Gasteiger partial charge in [0.15, 0.2) is 0 Å². The van der Waals surface area contributed by atoms with E-state index in [0.717, 1.165) is 17.7 Å². The summed E-state index contributed by atoms with van der Waals surface area (Å²) in [6, 6.07) is 20.3. The molecule has 10 heteroatoms. The molecule has 0 unspecified atom stereocenters. The van der Waals surface area contributed by atoms with Gasteiger partial charge in [0, 0.05) is 18.7 Å². The van der Waals surface area contributed by atoms with Crippen LogP contribution in [-0.4, -0.2) is 40.8 Å². The second-order valence-electron chi connectivity index (χ2n) is 8.03. The highest BCUT2D eigenvalue weighted by Crippen LogP contribution is 2.33. The van der Waals surface area contributed by atoms with Crippen molar-refractivity contribution in [2.75, 3.05) is 13.1 Å². The Hall–Kier alpha value is -3.50. The van der Waals surface area contributed by atoms with Crippen molar-refractivity contribution in [3.8, 4) is 22.4 Å². The molecule has 4 aromatic rings. The Morgan fingerprint density at radius 2 is 1.50 bits per heavy atom. The van der Waals surface area contributed by atoms with Crippen LogP contribution in [0, 0.1) is 0 Å². The van der Waals surface area contributed by atoms with Crippen LogP contribution in [0.25, 0.3) is 22.4 Å².